The Morgan fingerprint density at radius 3 is 2.37 bits per heavy atom. The highest BCUT2D eigenvalue weighted by atomic mass is 32.2. The van der Waals surface area contributed by atoms with Gasteiger partial charge in [0, 0.05) is 37.5 Å². The first-order valence-electron chi connectivity index (χ1n) is 9.55. The number of rotatable bonds is 6. The summed E-state index contributed by atoms with van der Waals surface area (Å²) in [6.45, 7) is 0.649. The molecule has 9 heteroatoms. The Labute approximate surface area is 180 Å². The van der Waals surface area contributed by atoms with Gasteiger partial charge in [-0.25, -0.2) is 17.2 Å². The zero-order valence-electron chi connectivity index (χ0n) is 16.8. The third-order valence-electron chi connectivity index (χ3n) is 5.27. The highest BCUT2D eigenvalue weighted by Crippen LogP contribution is 2.27. The van der Waals surface area contributed by atoms with Crippen LogP contribution in [0.15, 0.2) is 52.3 Å². The highest BCUT2D eigenvalue weighted by Gasteiger charge is 2.34. The first kappa shape index (κ1) is 22.7. The molecule has 0 aliphatic carbocycles. The number of hydrogen-bond acceptors (Lipinski definition) is 4. The van der Waals surface area contributed by atoms with Crippen LogP contribution in [0.5, 0.6) is 0 Å². The molecule has 1 aliphatic rings. The van der Waals surface area contributed by atoms with Crippen molar-refractivity contribution >= 4 is 27.7 Å². The number of amides is 1. The number of halogens is 2. The van der Waals surface area contributed by atoms with E-state index in [9.17, 15) is 22.0 Å². The second-order valence-electron chi connectivity index (χ2n) is 7.30. The molecular formula is C21H24F2N2O3S2. The van der Waals surface area contributed by atoms with Crippen LogP contribution in [0.3, 0.4) is 0 Å². The van der Waals surface area contributed by atoms with E-state index < -0.39 is 26.6 Å². The Hall–Kier alpha value is -1.97. The van der Waals surface area contributed by atoms with E-state index in [1.54, 1.807) is 23.7 Å². The first-order valence-corrected chi connectivity index (χ1v) is 12.2. The maximum Gasteiger partial charge on any atom is 0.246 e. The maximum absolute atomic E-state index is 14.0. The van der Waals surface area contributed by atoms with E-state index in [2.05, 4.69) is 0 Å². The molecule has 3 rings (SSSR count). The van der Waals surface area contributed by atoms with E-state index in [1.165, 1.54) is 0 Å². The van der Waals surface area contributed by atoms with Crippen LogP contribution in [-0.4, -0.2) is 49.9 Å². The second kappa shape index (κ2) is 9.45. The van der Waals surface area contributed by atoms with Crippen LogP contribution in [0, 0.1) is 17.6 Å². The van der Waals surface area contributed by atoms with Crippen molar-refractivity contribution in [3.05, 3.63) is 59.7 Å². The molecule has 0 saturated carbocycles. The quantitative estimate of drug-likeness (QED) is 0.624. The number of piperidine rings is 1. The van der Waals surface area contributed by atoms with Gasteiger partial charge in [-0.15, -0.1) is 11.8 Å². The van der Waals surface area contributed by atoms with E-state index >= 15 is 0 Å². The summed E-state index contributed by atoms with van der Waals surface area (Å²) in [5.41, 5.74) is 1.02. The molecule has 0 atom stereocenters. The summed E-state index contributed by atoms with van der Waals surface area (Å²) in [6.07, 6.45) is 2.68. The Kier molecular flexibility index (Phi) is 7.15. The predicted octanol–water partition coefficient (Wildman–Crippen LogP) is 3.75. The number of nitrogens with zero attached hydrogens (tertiary/aromatic N) is 2. The smallest absolute Gasteiger partial charge is 0.246 e. The average Bonchev–Trinajstić information content (AvgIpc) is 2.75. The fourth-order valence-electron chi connectivity index (χ4n) is 3.55. The summed E-state index contributed by atoms with van der Waals surface area (Å²) < 4.78 is 53.9. The minimum atomic E-state index is -4.15. The van der Waals surface area contributed by atoms with Gasteiger partial charge in [-0.05, 0) is 55.0 Å². The number of hydrogen-bond donors (Lipinski definition) is 0. The number of benzene rings is 2. The van der Waals surface area contributed by atoms with Crippen molar-refractivity contribution in [3.8, 4) is 0 Å². The van der Waals surface area contributed by atoms with Gasteiger partial charge in [-0.2, -0.15) is 4.31 Å². The lowest BCUT2D eigenvalue weighted by Crippen LogP contribution is -2.43. The van der Waals surface area contributed by atoms with E-state index in [0.29, 0.717) is 25.5 Å². The Bertz CT molecular complexity index is 1010. The monoisotopic (exact) mass is 454 g/mol. The third kappa shape index (κ3) is 5.01. The summed E-state index contributed by atoms with van der Waals surface area (Å²) in [5, 5.41) is 0. The van der Waals surface area contributed by atoms with E-state index in [0.717, 1.165) is 26.9 Å². The third-order valence-corrected chi connectivity index (χ3v) is 7.93. The van der Waals surface area contributed by atoms with Crippen molar-refractivity contribution in [3.63, 3.8) is 0 Å². The van der Waals surface area contributed by atoms with Gasteiger partial charge in [0.1, 0.15) is 16.5 Å². The van der Waals surface area contributed by atoms with Gasteiger partial charge in [0.2, 0.25) is 15.9 Å². The van der Waals surface area contributed by atoms with Gasteiger partial charge in [-0.3, -0.25) is 4.79 Å². The Morgan fingerprint density at radius 2 is 1.77 bits per heavy atom. The van der Waals surface area contributed by atoms with Crippen molar-refractivity contribution in [2.45, 2.75) is 29.2 Å². The van der Waals surface area contributed by atoms with Gasteiger partial charge in [0.15, 0.2) is 0 Å². The summed E-state index contributed by atoms with van der Waals surface area (Å²) in [7, 11) is -2.42. The number of sulfonamides is 1. The van der Waals surface area contributed by atoms with Crippen LogP contribution in [0.25, 0.3) is 0 Å². The average molecular weight is 455 g/mol. The van der Waals surface area contributed by atoms with Crippen molar-refractivity contribution in [1.29, 1.82) is 0 Å². The molecule has 1 aliphatic heterocycles. The summed E-state index contributed by atoms with van der Waals surface area (Å²) >= 11 is 1.65. The molecule has 0 spiro atoms. The Morgan fingerprint density at radius 1 is 1.13 bits per heavy atom. The van der Waals surface area contributed by atoms with Gasteiger partial charge < -0.3 is 4.90 Å². The molecule has 1 heterocycles. The van der Waals surface area contributed by atoms with Crippen LogP contribution in [-0.2, 0) is 21.4 Å². The van der Waals surface area contributed by atoms with Gasteiger partial charge in [-0.1, -0.05) is 12.1 Å². The lowest BCUT2D eigenvalue weighted by molar-refractivity contribution is -0.135. The molecule has 2 aromatic rings. The van der Waals surface area contributed by atoms with Gasteiger partial charge in [0.25, 0.3) is 0 Å². The zero-order chi connectivity index (χ0) is 21.9. The zero-order valence-corrected chi connectivity index (χ0v) is 18.5. The molecule has 0 bridgehead atoms. The van der Waals surface area contributed by atoms with Crippen LogP contribution in [0.4, 0.5) is 8.78 Å². The van der Waals surface area contributed by atoms with Gasteiger partial charge in [0.05, 0.1) is 0 Å². The highest BCUT2D eigenvalue weighted by molar-refractivity contribution is 7.98. The fourth-order valence-corrected chi connectivity index (χ4v) is 5.51. The first-order chi connectivity index (χ1) is 14.2. The van der Waals surface area contributed by atoms with E-state index in [4.69, 9.17) is 0 Å². The normalized spacial score (nSPS) is 15.9. The molecule has 0 N–H and O–H groups in total. The Balaban J connectivity index is 1.61. The van der Waals surface area contributed by atoms with Crippen molar-refractivity contribution in [2.24, 2.45) is 5.92 Å². The molecule has 162 valence electrons. The predicted molar refractivity (Wildman–Crippen MR) is 113 cm³/mol. The van der Waals surface area contributed by atoms with Crippen LogP contribution in [0.1, 0.15) is 18.4 Å². The molecule has 0 unspecified atom stereocenters. The largest absolute Gasteiger partial charge is 0.341 e. The molecule has 0 radical (unpaired) electrons. The van der Waals surface area contributed by atoms with Gasteiger partial charge >= 0.3 is 0 Å². The standard InChI is InChI=1S/C21H24F2N2O3S2/c1-24(14-15-3-6-18(29-2)7-4-15)21(26)16-9-11-25(12-10-16)30(27,28)20-13-17(22)5-8-19(20)23/h3-8,13,16H,9-12,14H2,1-2H3. The lowest BCUT2D eigenvalue weighted by atomic mass is 9.96. The molecule has 30 heavy (non-hydrogen) atoms. The molecule has 1 fully saturated rings. The minimum absolute atomic E-state index is 0.0436. The summed E-state index contributed by atoms with van der Waals surface area (Å²) in [5.74, 6) is -2.14. The fraction of sp³-hybridized carbons (Fsp3) is 0.381. The molecule has 5 nitrogen and oxygen atoms in total. The molecular weight excluding hydrogens is 430 g/mol. The topological polar surface area (TPSA) is 57.7 Å². The SMILES string of the molecule is CSc1ccc(CN(C)C(=O)C2CCN(S(=O)(=O)c3cc(F)ccc3F)CC2)cc1. The van der Waals surface area contributed by atoms with E-state index in [1.807, 2.05) is 30.5 Å². The van der Waals surface area contributed by atoms with Crippen LogP contribution < -0.4 is 0 Å². The number of carbonyl (C=O) groups excluding carboxylic acids is 1. The van der Waals surface area contributed by atoms with Crippen molar-refractivity contribution < 1.29 is 22.0 Å². The van der Waals surface area contributed by atoms with Crippen molar-refractivity contribution in [2.75, 3.05) is 26.4 Å². The maximum atomic E-state index is 14.0. The number of carbonyl (C=O) groups is 1. The lowest BCUT2D eigenvalue weighted by Gasteiger charge is -2.32. The molecule has 2 aromatic carbocycles. The second-order valence-corrected chi connectivity index (χ2v) is 10.1. The van der Waals surface area contributed by atoms with Crippen molar-refractivity contribution in [1.82, 2.24) is 9.21 Å². The number of thioether (sulfide) groups is 1. The summed E-state index contributed by atoms with van der Waals surface area (Å²) in [4.78, 5) is 14.9. The van der Waals surface area contributed by atoms with Crippen LogP contribution in [0.2, 0.25) is 0 Å². The molecule has 0 aromatic heterocycles. The minimum Gasteiger partial charge on any atom is -0.341 e. The van der Waals surface area contributed by atoms with E-state index in [-0.39, 0.29) is 24.9 Å². The van der Waals surface area contributed by atoms with Crippen LogP contribution >= 0.6 is 11.8 Å². The summed E-state index contributed by atoms with van der Waals surface area (Å²) in [6, 6.07) is 10.4. The molecule has 1 amide bonds. The molecule has 1 saturated heterocycles.